The molecular weight excluding hydrogens is 188 g/mol. The molecule has 0 aromatic rings. The molecule has 0 aromatic heterocycles. The Balaban J connectivity index is 2.50. The highest BCUT2D eigenvalue weighted by Gasteiger charge is 2.59. The van der Waals surface area contributed by atoms with Crippen molar-refractivity contribution in [2.45, 2.75) is 58.7 Å². The van der Waals surface area contributed by atoms with Crippen molar-refractivity contribution >= 4 is 0 Å². The highest BCUT2D eigenvalue weighted by molar-refractivity contribution is 5.35. The van der Waals surface area contributed by atoms with E-state index in [-0.39, 0.29) is 5.41 Å². The van der Waals surface area contributed by atoms with Crippen molar-refractivity contribution in [2.75, 3.05) is 0 Å². The summed E-state index contributed by atoms with van der Waals surface area (Å²) in [5.41, 5.74) is 0.126. The van der Waals surface area contributed by atoms with Gasteiger partial charge in [0.2, 0.25) is 0 Å². The fourth-order valence-corrected chi connectivity index (χ4v) is 3.45. The summed E-state index contributed by atoms with van der Waals surface area (Å²) < 4.78 is 0. The van der Waals surface area contributed by atoms with Crippen LogP contribution in [0.15, 0.2) is 11.6 Å². The highest BCUT2D eigenvalue weighted by Crippen LogP contribution is 2.59. The monoisotopic (exact) mass is 210 g/mol. The molecule has 0 amide bonds. The molecule has 2 aliphatic carbocycles. The molecule has 2 heteroatoms. The molecule has 2 N–H and O–H groups in total. The van der Waals surface area contributed by atoms with Crippen molar-refractivity contribution < 1.29 is 10.2 Å². The third-order valence-electron chi connectivity index (χ3n) is 4.82. The maximum absolute atomic E-state index is 10.4. The number of rotatable bonds is 0. The fourth-order valence-electron chi connectivity index (χ4n) is 3.45. The summed E-state index contributed by atoms with van der Waals surface area (Å²) in [6.45, 7) is 8.28. The van der Waals surface area contributed by atoms with Crippen LogP contribution in [0.1, 0.15) is 47.0 Å². The van der Waals surface area contributed by atoms with Crippen LogP contribution in [0.25, 0.3) is 0 Å². The van der Waals surface area contributed by atoms with Gasteiger partial charge in [-0.25, -0.2) is 0 Å². The van der Waals surface area contributed by atoms with Crippen LogP contribution in [0.2, 0.25) is 0 Å². The van der Waals surface area contributed by atoms with Gasteiger partial charge in [0, 0.05) is 5.41 Å². The zero-order valence-electron chi connectivity index (χ0n) is 10.2. The first-order chi connectivity index (χ1) is 6.72. The lowest BCUT2D eigenvalue weighted by Crippen LogP contribution is -2.54. The molecule has 0 aliphatic heterocycles. The Morgan fingerprint density at radius 3 is 2.40 bits per heavy atom. The second kappa shape index (κ2) is 2.86. The van der Waals surface area contributed by atoms with Gasteiger partial charge in [-0.05, 0) is 31.6 Å². The molecule has 2 rings (SSSR count). The van der Waals surface area contributed by atoms with E-state index in [0.717, 1.165) is 12.8 Å². The van der Waals surface area contributed by atoms with Crippen LogP contribution >= 0.6 is 0 Å². The molecule has 1 fully saturated rings. The second-order valence-electron chi connectivity index (χ2n) is 6.24. The van der Waals surface area contributed by atoms with Gasteiger partial charge in [-0.15, -0.1) is 0 Å². The molecule has 0 spiro atoms. The summed E-state index contributed by atoms with van der Waals surface area (Å²) in [6.07, 6.45) is 4.19. The summed E-state index contributed by atoms with van der Waals surface area (Å²) in [5.74, 6) is 0. The standard InChI is InChI=1S/C13H22O2/c1-11(2)7-6-10(14)13(4)9(11)5-8-12(13,3)15/h5,10,14-15H,6-8H2,1-4H3. The lowest BCUT2D eigenvalue weighted by atomic mass is 9.56. The molecular formula is C13H22O2. The summed E-state index contributed by atoms with van der Waals surface area (Å²) in [7, 11) is 0. The summed E-state index contributed by atoms with van der Waals surface area (Å²) in [6, 6.07) is 0. The zero-order chi connectivity index (χ0) is 11.5. The van der Waals surface area contributed by atoms with E-state index in [0.29, 0.717) is 6.42 Å². The molecule has 3 unspecified atom stereocenters. The summed E-state index contributed by atoms with van der Waals surface area (Å²) >= 11 is 0. The Bertz CT molecular complexity index is 314. The van der Waals surface area contributed by atoms with E-state index >= 15 is 0 Å². The lowest BCUT2D eigenvalue weighted by Gasteiger charge is -2.51. The first-order valence-corrected chi connectivity index (χ1v) is 5.83. The molecule has 86 valence electrons. The van der Waals surface area contributed by atoms with Gasteiger partial charge in [0.25, 0.3) is 0 Å². The third kappa shape index (κ3) is 1.24. The van der Waals surface area contributed by atoms with Gasteiger partial charge in [-0.1, -0.05) is 32.4 Å². The molecule has 2 nitrogen and oxygen atoms in total. The van der Waals surface area contributed by atoms with Crippen molar-refractivity contribution in [1.82, 2.24) is 0 Å². The Hall–Kier alpha value is -0.340. The van der Waals surface area contributed by atoms with Gasteiger partial charge >= 0.3 is 0 Å². The average Bonchev–Trinajstić information content (AvgIpc) is 2.35. The van der Waals surface area contributed by atoms with E-state index in [4.69, 9.17) is 0 Å². The van der Waals surface area contributed by atoms with Gasteiger partial charge in [-0.2, -0.15) is 0 Å². The van der Waals surface area contributed by atoms with Crippen LogP contribution in [0.3, 0.4) is 0 Å². The minimum Gasteiger partial charge on any atom is -0.392 e. The molecule has 0 heterocycles. The fraction of sp³-hybridized carbons (Fsp3) is 0.846. The van der Waals surface area contributed by atoms with E-state index in [1.807, 2.05) is 13.8 Å². The Labute approximate surface area is 92.0 Å². The van der Waals surface area contributed by atoms with Crippen molar-refractivity contribution in [3.05, 3.63) is 11.6 Å². The Kier molecular flexibility index (Phi) is 2.13. The van der Waals surface area contributed by atoms with Crippen LogP contribution in [-0.2, 0) is 0 Å². The molecule has 0 saturated heterocycles. The molecule has 3 atom stereocenters. The second-order valence-corrected chi connectivity index (χ2v) is 6.24. The van der Waals surface area contributed by atoms with E-state index < -0.39 is 17.1 Å². The molecule has 0 bridgehead atoms. The minimum absolute atomic E-state index is 0.120. The third-order valence-corrected chi connectivity index (χ3v) is 4.82. The number of aliphatic hydroxyl groups is 2. The summed E-state index contributed by atoms with van der Waals surface area (Å²) in [5, 5.41) is 20.6. The van der Waals surface area contributed by atoms with E-state index in [2.05, 4.69) is 19.9 Å². The molecule has 0 radical (unpaired) electrons. The van der Waals surface area contributed by atoms with Crippen LogP contribution < -0.4 is 0 Å². The maximum Gasteiger partial charge on any atom is 0.0769 e. The predicted octanol–water partition coefficient (Wildman–Crippen LogP) is 2.25. The molecule has 0 aromatic carbocycles. The largest absolute Gasteiger partial charge is 0.392 e. The van der Waals surface area contributed by atoms with Crippen molar-refractivity contribution in [3.8, 4) is 0 Å². The minimum atomic E-state index is -0.792. The average molecular weight is 210 g/mol. The van der Waals surface area contributed by atoms with Gasteiger partial charge < -0.3 is 10.2 Å². The number of hydrogen-bond donors (Lipinski definition) is 2. The lowest BCUT2D eigenvalue weighted by molar-refractivity contribution is -0.114. The van der Waals surface area contributed by atoms with Crippen LogP contribution in [-0.4, -0.2) is 21.9 Å². The van der Waals surface area contributed by atoms with E-state index in [9.17, 15) is 10.2 Å². The highest BCUT2D eigenvalue weighted by atomic mass is 16.3. The topological polar surface area (TPSA) is 40.5 Å². The van der Waals surface area contributed by atoms with Crippen LogP contribution in [0, 0.1) is 10.8 Å². The summed E-state index contributed by atoms with van der Waals surface area (Å²) in [4.78, 5) is 0. The Morgan fingerprint density at radius 2 is 1.87 bits per heavy atom. The molecule has 1 saturated carbocycles. The van der Waals surface area contributed by atoms with Crippen molar-refractivity contribution in [1.29, 1.82) is 0 Å². The van der Waals surface area contributed by atoms with Crippen molar-refractivity contribution in [3.63, 3.8) is 0 Å². The zero-order valence-corrected chi connectivity index (χ0v) is 10.2. The molecule has 15 heavy (non-hydrogen) atoms. The Morgan fingerprint density at radius 1 is 1.27 bits per heavy atom. The number of hydrogen-bond acceptors (Lipinski definition) is 2. The maximum atomic E-state index is 10.4. The van der Waals surface area contributed by atoms with E-state index in [1.54, 1.807) is 0 Å². The van der Waals surface area contributed by atoms with E-state index in [1.165, 1.54) is 5.57 Å². The van der Waals surface area contributed by atoms with Gasteiger partial charge in [0.15, 0.2) is 0 Å². The smallest absolute Gasteiger partial charge is 0.0769 e. The normalized spacial score (nSPS) is 48.7. The number of fused-ring (bicyclic) bond motifs is 1. The SMILES string of the molecule is CC1(C)CCC(O)C2(C)C1=CCC2(C)O. The van der Waals surface area contributed by atoms with Crippen molar-refractivity contribution in [2.24, 2.45) is 10.8 Å². The first-order valence-electron chi connectivity index (χ1n) is 5.83. The first kappa shape index (κ1) is 11.2. The van der Waals surface area contributed by atoms with Gasteiger partial charge in [0.05, 0.1) is 11.7 Å². The number of aliphatic hydroxyl groups excluding tert-OH is 1. The van der Waals surface area contributed by atoms with Gasteiger partial charge in [-0.3, -0.25) is 0 Å². The predicted molar refractivity (Wildman–Crippen MR) is 60.5 cm³/mol. The van der Waals surface area contributed by atoms with Gasteiger partial charge in [0.1, 0.15) is 0 Å². The van der Waals surface area contributed by atoms with Crippen LogP contribution in [0.4, 0.5) is 0 Å². The molecule has 2 aliphatic rings. The quantitative estimate of drug-likeness (QED) is 0.602. The van der Waals surface area contributed by atoms with Crippen LogP contribution in [0.5, 0.6) is 0 Å².